The fraction of sp³-hybridized carbons (Fsp3) is 0.333. The van der Waals surface area contributed by atoms with Gasteiger partial charge in [-0.2, -0.15) is 0 Å². The molecule has 2 aromatic heterocycles. The summed E-state index contributed by atoms with van der Waals surface area (Å²) in [6.45, 7) is 0.648. The molecule has 0 amide bonds. The minimum absolute atomic E-state index is 0.295. The number of carboxylic acid groups (broad SMARTS) is 1. The molecule has 8 heteroatoms. The van der Waals surface area contributed by atoms with Crippen LogP contribution in [0.1, 0.15) is 33.6 Å². The van der Waals surface area contributed by atoms with Gasteiger partial charge in [0.25, 0.3) is 5.56 Å². The second kappa shape index (κ2) is 6.73. The number of carboxylic acids is 1. The molecule has 2 heterocycles. The molecule has 29 heavy (non-hydrogen) atoms. The molecule has 1 aromatic carbocycles. The average molecular weight is 399 g/mol. The molecule has 1 aliphatic rings. The van der Waals surface area contributed by atoms with Gasteiger partial charge in [0, 0.05) is 35.8 Å². The van der Waals surface area contributed by atoms with Gasteiger partial charge in [0.2, 0.25) is 0 Å². The van der Waals surface area contributed by atoms with Crippen molar-refractivity contribution >= 4 is 16.9 Å². The number of aromatic carboxylic acids is 1. The van der Waals surface area contributed by atoms with E-state index in [2.05, 4.69) is 4.98 Å². The standard InChI is InChI=1S/C21H22FN3O4/c1-24(2)9-10-7-14-11-5-4-6-12-17(13(11)8-15(22)18(14)25(10)3)23-20(27)16(19(12)26)21(28)29/h7-8H,4-6,9H2,1-3H3,(H,28,29)(H2,23,26,27). The molecule has 0 atom stereocenters. The number of nitrogens with zero attached hydrogens (tertiary/aromatic N) is 2. The van der Waals surface area contributed by atoms with E-state index in [1.54, 1.807) is 0 Å². The highest BCUT2D eigenvalue weighted by molar-refractivity contribution is 5.95. The summed E-state index contributed by atoms with van der Waals surface area (Å²) in [7, 11) is 5.71. The number of carbonyl (C=O) groups is 1. The van der Waals surface area contributed by atoms with Crippen LogP contribution < -0.4 is 5.56 Å². The number of halogens is 1. The van der Waals surface area contributed by atoms with E-state index in [1.807, 2.05) is 36.7 Å². The van der Waals surface area contributed by atoms with Gasteiger partial charge in [-0.3, -0.25) is 4.79 Å². The first-order chi connectivity index (χ1) is 13.7. The van der Waals surface area contributed by atoms with Crippen molar-refractivity contribution in [1.82, 2.24) is 14.5 Å². The van der Waals surface area contributed by atoms with Gasteiger partial charge in [0.15, 0.2) is 5.56 Å². The molecule has 0 saturated carbocycles. The zero-order valence-electron chi connectivity index (χ0n) is 16.5. The minimum Gasteiger partial charge on any atom is -0.506 e. The molecular formula is C21H22FN3O4. The molecule has 0 aliphatic heterocycles. The van der Waals surface area contributed by atoms with Gasteiger partial charge in [-0.25, -0.2) is 9.18 Å². The van der Waals surface area contributed by atoms with E-state index in [-0.39, 0.29) is 0 Å². The molecule has 3 aromatic rings. The molecule has 1 aliphatic carbocycles. The quantitative estimate of drug-likeness (QED) is 0.629. The number of pyridine rings is 1. The molecule has 0 spiro atoms. The van der Waals surface area contributed by atoms with Crippen LogP contribution in [0.5, 0.6) is 5.75 Å². The van der Waals surface area contributed by atoms with Crippen LogP contribution in [0.3, 0.4) is 0 Å². The number of H-pyrrole nitrogens is 1. The lowest BCUT2D eigenvalue weighted by molar-refractivity contribution is 0.0691. The molecule has 0 bridgehead atoms. The maximum atomic E-state index is 15.1. The second-order valence-corrected chi connectivity index (χ2v) is 7.77. The van der Waals surface area contributed by atoms with Crippen LogP contribution in [0.2, 0.25) is 0 Å². The Kier molecular flexibility index (Phi) is 4.46. The topological polar surface area (TPSA) is 98.6 Å². The molecule has 0 unspecified atom stereocenters. The van der Waals surface area contributed by atoms with E-state index < -0.39 is 28.7 Å². The lowest BCUT2D eigenvalue weighted by Crippen LogP contribution is -2.20. The summed E-state index contributed by atoms with van der Waals surface area (Å²) in [6.07, 6.45) is 1.64. The smallest absolute Gasteiger partial charge is 0.345 e. The van der Waals surface area contributed by atoms with Crippen LogP contribution in [-0.2, 0) is 26.4 Å². The zero-order chi connectivity index (χ0) is 21.0. The van der Waals surface area contributed by atoms with Crippen LogP contribution in [0, 0.1) is 5.82 Å². The summed E-state index contributed by atoms with van der Waals surface area (Å²) in [5, 5.41) is 20.5. The Morgan fingerprint density at radius 3 is 2.62 bits per heavy atom. The minimum atomic E-state index is -1.49. The SMILES string of the molecule is CN(C)Cc1cc2c3c(cc(F)c2n1C)-c1[nH]c(=O)c(C(=O)O)c(O)c1CCC3. The van der Waals surface area contributed by atoms with Crippen molar-refractivity contribution in [2.24, 2.45) is 7.05 Å². The lowest BCUT2D eigenvalue weighted by Gasteiger charge is -2.14. The van der Waals surface area contributed by atoms with Crippen molar-refractivity contribution in [3.05, 3.63) is 50.7 Å². The number of rotatable bonds is 3. The summed E-state index contributed by atoms with van der Waals surface area (Å²) in [6, 6.07) is 3.34. The summed E-state index contributed by atoms with van der Waals surface area (Å²) in [4.78, 5) is 28.3. The fourth-order valence-electron chi connectivity index (χ4n) is 4.31. The predicted octanol–water partition coefficient (Wildman–Crippen LogP) is 2.63. The molecule has 7 nitrogen and oxygen atoms in total. The highest BCUT2D eigenvalue weighted by Gasteiger charge is 2.27. The average Bonchev–Trinajstić information content (AvgIpc) is 2.82. The number of aromatic nitrogens is 2. The number of hydrogen-bond acceptors (Lipinski definition) is 4. The summed E-state index contributed by atoms with van der Waals surface area (Å²) in [5.41, 5.74) is 1.89. The van der Waals surface area contributed by atoms with Gasteiger partial charge in [0.05, 0.1) is 11.2 Å². The van der Waals surface area contributed by atoms with Crippen LogP contribution >= 0.6 is 0 Å². The highest BCUT2D eigenvalue weighted by Crippen LogP contribution is 2.40. The maximum absolute atomic E-state index is 15.1. The highest BCUT2D eigenvalue weighted by atomic mass is 19.1. The number of aromatic hydroxyl groups is 1. The first-order valence-corrected chi connectivity index (χ1v) is 9.36. The van der Waals surface area contributed by atoms with Crippen molar-refractivity contribution < 1.29 is 19.4 Å². The predicted molar refractivity (Wildman–Crippen MR) is 107 cm³/mol. The third kappa shape index (κ3) is 2.91. The van der Waals surface area contributed by atoms with Gasteiger partial charge in [0.1, 0.15) is 11.6 Å². The molecule has 0 fully saturated rings. The molecule has 3 N–H and O–H groups in total. The number of benzene rings is 1. The van der Waals surface area contributed by atoms with E-state index >= 15 is 4.39 Å². The number of fused-ring (bicyclic) bond motifs is 5. The Morgan fingerprint density at radius 2 is 1.97 bits per heavy atom. The molecular weight excluding hydrogens is 377 g/mol. The molecule has 4 rings (SSSR count). The van der Waals surface area contributed by atoms with Crippen LogP contribution in [0.15, 0.2) is 16.9 Å². The lowest BCUT2D eigenvalue weighted by atomic mass is 9.96. The van der Waals surface area contributed by atoms with Crippen molar-refractivity contribution in [1.29, 1.82) is 0 Å². The fourth-order valence-corrected chi connectivity index (χ4v) is 4.31. The van der Waals surface area contributed by atoms with Gasteiger partial charge in [-0.15, -0.1) is 0 Å². The van der Waals surface area contributed by atoms with E-state index in [0.717, 1.165) is 16.6 Å². The number of aryl methyl sites for hydroxylation is 2. The van der Waals surface area contributed by atoms with Crippen molar-refractivity contribution in [2.75, 3.05) is 14.1 Å². The largest absolute Gasteiger partial charge is 0.506 e. The van der Waals surface area contributed by atoms with E-state index in [1.165, 1.54) is 6.07 Å². The monoisotopic (exact) mass is 399 g/mol. The first kappa shape index (κ1) is 19.2. The first-order valence-electron chi connectivity index (χ1n) is 9.36. The third-order valence-corrected chi connectivity index (χ3v) is 5.58. The number of aromatic amines is 1. The van der Waals surface area contributed by atoms with Gasteiger partial charge in [-0.1, -0.05) is 0 Å². The molecule has 152 valence electrons. The summed E-state index contributed by atoms with van der Waals surface area (Å²) >= 11 is 0. The number of nitrogens with one attached hydrogen (secondary N) is 1. The van der Waals surface area contributed by atoms with E-state index in [0.29, 0.717) is 48.1 Å². The number of hydrogen-bond donors (Lipinski definition) is 3. The Balaban J connectivity index is 2.05. The second-order valence-electron chi connectivity index (χ2n) is 7.77. The van der Waals surface area contributed by atoms with Crippen LogP contribution in [0.25, 0.3) is 22.2 Å². The van der Waals surface area contributed by atoms with Crippen molar-refractivity contribution in [3.63, 3.8) is 0 Å². The Bertz CT molecular complexity index is 1220. The normalized spacial score (nSPS) is 13.4. The van der Waals surface area contributed by atoms with Crippen molar-refractivity contribution in [2.45, 2.75) is 25.8 Å². The van der Waals surface area contributed by atoms with Crippen LogP contribution in [0.4, 0.5) is 4.39 Å². The van der Waals surface area contributed by atoms with Gasteiger partial charge < -0.3 is 24.7 Å². The molecule has 0 radical (unpaired) electrons. The molecule has 0 saturated heterocycles. The van der Waals surface area contributed by atoms with Crippen LogP contribution in [-0.4, -0.2) is 44.7 Å². The third-order valence-electron chi connectivity index (χ3n) is 5.58. The summed E-state index contributed by atoms with van der Waals surface area (Å²) < 4.78 is 17.0. The van der Waals surface area contributed by atoms with Gasteiger partial charge in [-0.05, 0) is 51.1 Å². The van der Waals surface area contributed by atoms with Crippen molar-refractivity contribution in [3.8, 4) is 17.0 Å². The summed E-state index contributed by atoms with van der Waals surface area (Å²) in [5.74, 6) is -2.46. The van der Waals surface area contributed by atoms with E-state index in [9.17, 15) is 19.8 Å². The Labute approximate surface area is 166 Å². The maximum Gasteiger partial charge on any atom is 0.345 e. The van der Waals surface area contributed by atoms with E-state index in [4.69, 9.17) is 0 Å². The Morgan fingerprint density at radius 1 is 1.28 bits per heavy atom. The van der Waals surface area contributed by atoms with Gasteiger partial charge >= 0.3 is 5.97 Å². The Hall–Kier alpha value is -3.13. The zero-order valence-corrected chi connectivity index (χ0v) is 16.5.